The maximum atomic E-state index is 13.4. The summed E-state index contributed by atoms with van der Waals surface area (Å²) >= 11 is 0. The summed E-state index contributed by atoms with van der Waals surface area (Å²) in [5, 5.41) is 0. The lowest BCUT2D eigenvalue weighted by molar-refractivity contribution is -0.121. The Bertz CT molecular complexity index is 431. The molecule has 0 aromatic heterocycles. The molecule has 0 saturated carbocycles. The molecule has 0 radical (unpaired) electrons. The second-order valence-corrected chi connectivity index (χ2v) is 3.85. The first-order valence-electron chi connectivity index (χ1n) is 5.24. The highest BCUT2D eigenvalue weighted by Gasteiger charge is 2.24. The molecule has 4 heteroatoms. The summed E-state index contributed by atoms with van der Waals surface area (Å²) in [4.78, 5) is 24.5. The Kier molecular flexibility index (Phi) is 2.99. The summed E-state index contributed by atoms with van der Waals surface area (Å²) in [5.41, 5.74) is 0.0391. The van der Waals surface area contributed by atoms with Crippen LogP contribution < -0.4 is 0 Å². The van der Waals surface area contributed by atoms with Crippen LogP contribution >= 0.6 is 0 Å². The number of piperidine rings is 1. The fourth-order valence-electron chi connectivity index (χ4n) is 1.82. The third-order valence-corrected chi connectivity index (χ3v) is 2.64. The number of likely N-dealkylation sites (tertiary alicyclic amines) is 1. The standard InChI is InChI=1S/C12H12FNO2/c13-11-6-2-1-5-10(11)12(16)14-7-3-4-9(15)8-14/h1-2,5-6H,3-4,7-8H2. The predicted octanol–water partition coefficient (Wildman–Crippen LogP) is 1.63. The van der Waals surface area contributed by atoms with Crippen molar-refractivity contribution < 1.29 is 14.0 Å². The third kappa shape index (κ3) is 2.10. The number of carbonyl (C=O) groups excluding carboxylic acids is 2. The van der Waals surface area contributed by atoms with E-state index in [0.717, 1.165) is 0 Å². The topological polar surface area (TPSA) is 37.4 Å². The van der Waals surface area contributed by atoms with Crippen molar-refractivity contribution >= 4 is 11.7 Å². The highest BCUT2D eigenvalue weighted by Crippen LogP contribution is 2.13. The number of nitrogens with zero attached hydrogens (tertiary/aromatic N) is 1. The molecule has 0 aliphatic carbocycles. The zero-order valence-electron chi connectivity index (χ0n) is 8.78. The van der Waals surface area contributed by atoms with E-state index in [1.54, 1.807) is 6.07 Å². The summed E-state index contributed by atoms with van der Waals surface area (Å²) < 4.78 is 13.4. The number of carbonyl (C=O) groups is 2. The van der Waals surface area contributed by atoms with Gasteiger partial charge < -0.3 is 4.90 Å². The van der Waals surface area contributed by atoms with Crippen LogP contribution in [0.5, 0.6) is 0 Å². The highest BCUT2D eigenvalue weighted by atomic mass is 19.1. The Morgan fingerprint density at radius 1 is 1.31 bits per heavy atom. The zero-order chi connectivity index (χ0) is 11.5. The fraction of sp³-hybridized carbons (Fsp3) is 0.333. The quantitative estimate of drug-likeness (QED) is 0.722. The first-order chi connectivity index (χ1) is 7.68. The van der Waals surface area contributed by atoms with E-state index in [9.17, 15) is 14.0 Å². The van der Waals surface area contributed by atoms with Gasteiger partial charge in [0, 0.05) is 13.0 Å². The summed E-state index contributed by atoms with van der Waals surface area (Å²) in [6.07, 6.45) is 1.18. The van der Waals surface area contributed by atoms with Crippen molar-refractivity contribution in [3.8, 4) is 0 Å². The molecule has 0 bridgehead atoms. The number of ketones is 1. The molecule has 1 amide bonds. The van der Waals surface area contributed by atoms with Crippen LogP contribution in [0.3, 0.4) is 0 Å². The lowest BCUT2D eigenvalue weighted by Crippen LogP contribution is -2.40. The Morgan fingerprint density at radius 2 is 2.06 bits per heavy atom. The monoisotopic (exact) mass is 221 g/mol. The number of hydrogen-bond acceptors (Lipinski definition) is 2. The second-order valence-electron chi connectivity index (χ2n) is 3.85. The molecule has 0 N–H and O–H groups in total. The van der Waals surface area contributed by atoms with Crippen LogP contribution in [0.1, 0.15) is 23.2 Å². The normalized spacial score (nSPS) is 16.3. The van der Waals surface area contributed by atoms with Gasteiger partial charge in [0.05, 0.1) is 12.1 Å². The average Bonchev–Trinajstić information content (AvgIpc) is 2.29. The molecule has 2 rings (SSSR count). The van der Waals surface area contributed by atoms with E-state index in [-0.39, 0.29) is 17.9 Å². The van der Waals surface area contributed by atoms with E-state index in [1.165, 1.54) is 23.1 Å². The summed E-state index contributed by atoms with van der Waals surface area (Å²) in [6.45, 7) is 0.631. The second kappa shape index (κ2) is 4.43. The lowest BCUT2D eigenvalue weighted by atomic mass is 10.1. The van der Waals surface area contributed by atoms with E-state index in [4.69, 9.17) is 0 Å². The molecular weight excluding hydrogens is 209 g/mol. The van der Waals surface area contributed by atoms with Crippen LogP contribution in [0, 0.1) is 5.82 Å². The van der Waals surface area contributed by atoms with Crippen LogP contribution in [0.15, 0.2) is 24.3 Å². The number of halogens is 1. The van der Waals surface area contributed by atoms with Gasteiger partial charge in [-0.1, -0.05) is 12.1 Å². The zero-order valence-corrected chi connectivity index (χ0v) is 8.78. The summed E-state index contributed by atoms with van der Waals surface area (Å²) in [6, 6.07) is 5.84. The molecule has 1 heterocycles. The first-order valence-corrected chi connectivity index (χ1v) is 5.24. The Hall–Kier alpha value is -1.71. The summed E-state index contributed by atoms with van der Waals surface area (Å²) in [5.74, 6) is -0.896. The maximum Gasteiger partial charge on any atom is 0.257 e. The van der Waals surface area contributed by atoms with Gasteiger partial charge in [0.1, 0.15) is 5.82 Å². The van der Waals surface area contributed by atoms with Crippen LogP contribution in [-0.2, 0) is 4.79 Å². The number of hydrogen-bond donors (Lipinski definition) is 0. The molecule has 1 aliphatic rings. The molecule has 1 saturated heterocycles. The molecule has 0 unspecified atom stereocenters. The van der Waals surface area contributed by atoms with Crippen molar-refractivity contribution in [1.29, 1.82) is 0 Å². The van der Waals surface area contributed by atoms with Gasteiger partial charge in [-0.3, -0.25) is 9.59 Å². The minimum atomic E-state index is -0.537. The van der Waals surface area contributed by atoms with Crippen molar-refractivity contribution in [2.24, 2.45) is 0 Å². The van der Waals surface area contributed by atoms with E-state index in [2.05, 4.69) is 0 Å². The molecule has 1 fully saturated rings. The molecule has 0 spiro atoms. The number of rotatable bonds is 1. The molecule has 1 aliphatic heterocycles. The van der Waals surface area contributed by atoms with Crippen LogP contribution in [-0.4, -0.2) is 29.7 Å². The van der Waals surface area contributed by atoms with Crippen molar-refractivity contribution in [3.05, 3.63) is 35.6 Å². The average molecular weight is 221 g/mol. The van der Waals surface area contributed by atoms with Crippen molar-refractivity contribution in [2.75, 3.05) is 13.1 Å². The molecular formula is C12H12FNO2. The highest BCUT2D eigenvalue weighted by molar-refractivity contribution is 5.97. The largest absolute Gasteiger partial charge is 0.331 e. The molecule has 16 heavy (non-hydrogen) atoms. The van der Waals surface area contributed by atoms with Crippen LogP contribution in [0.4, 0.5) is 4.39 Å². The third-order valence-electron chi connectivity index (χ3n) is 2.64. The van der Waals surface area contributed by atoms with E-state index in [0.29, 0.717) is 19.4 Å². The van der Waals surface area contributed by atoms with Crippen LogP contribution in [0.25, 0.3) is 0 Å². The maximum absolute atomic E-state index is 13.4. The van der Waals surface area contributed by atoms with E-state index < -0.39 is 11.7 Å². The van der Waals surface area contributed by atoms with Crippen molar-refractivity contribution in [3.63, 3.8) is 0 Å². The molecule has 3 nitrogen and oxygen atoms in total. The van der Waals surface area contributed by atoms with Crippen LogP contribution in [0.2, 0.25) is 0 Å². The van der Waals surface area contributed by atoms with Crippen molar-refractivity contribution in [2.45, 2.75) is 12.8 Å². The molecule has 1 aromatic carbocycles. The molecule has 84 valence electrons. The number of amides is 1. The van der Waals surface area contributed by atoms with Gasteiger partial charge in [0.15, 0.2) is 5.78 Å². The van der Waals surface area contributed by atoms with Gasteiger partial charge in [-0.05, 0) is 18.6 Å². The number of Topliss-reactive ketones (excluding diaryl/α,β-unsaturated/α-hetero) is 1. The van der Waals surface area contributed by atoms with Gasteiger partial charge in [0.25, 0.3) is 5.91 Å². The van der Waals surface area contributed by atoms with Gasteiger partial charge in [0.2, 0.25) is 0 Å². The predicted molar refractivity (Wildman–Crippen MR) is 56.5 cm³/mol. The molecule has 1 aromatic rings. The Balaban J connectivity index is 2.19. The van der Waals surface area contributed by atoms with Gasteiger partial charge >= 0.3 is 0 Å². The minimum Gasteiger partial charge on any atom is -0.331 e. The van der Waals surface area contributed by atoms with E-state index >= 15 is 0 Å². The number of benzene rings is 1. The lowest BCUT2D eigenvalue weighted by Gasteiger charge is -2.25. The minimum absolute atomic E-state index is 0.0379. The SMILES string of the molecule is O=C1CCCN(C(=O)c2ccccc2F)C1. The smallest absolute Gasteiger partial charge is 0.257 e. The Morgan fingerprint density at radius 3 is 2.75 bits per heavy atom. The fourth-order valence-corrected chi connectivity index (χ4v) is 1.82. The van der Waals surface area contributed by atoms with Crippen molar-refractivity contribution in [1.82, 2.24) is 4.90 Å². The molecule has 0 atom stereocenters. The summed E-state index contributed by atoms with van der Waals surface area (Å²) in [7, 11) is 0. The van der Waals surface area contributed by atoms with Gasteiger partial charge in [-0.15, -0.1) is 0 Å². The Labute approximate surface area is 92.9 Å². The van der Waals surface area contributed by atoms with Gasteiger partial charge in [-0.25, -0.2) is 4.39 Å². The van der Waals surface area contributed by atoms with Gasteiger partial charge in [-0.2, -0.15) is 0 Å². The van der Waals surface area contributed by atoms with E-state index in [1.807, 2.05) is 0 Å². The first kappa shape index (κ1) is 10.8.